The third-order valence-electron chi connectivity index (χ3n) is 11.1. The number of methoxy groups -OCH3 is 1. The Hall–Kier alpha value is -1.14. The summed E-state index contributed by atoms with van der Waals surface area (Å²) in [5.74, 6) is -0.925. The molecule has 3 aliphatic rings. The second-order valence-electron chi connectivity index (χ2n) is 15.4. The highest BCUT2D eigenvalue weighted by Crippen LogP contribution is 2.40. The van der Waals surface area contributed by atoms with Crippen molar-refractivity contribution in [1.29, 1.82) is 0 Å². The molecular formula is C35H65N3O7. The van der Waals surface area contributed by atoms with Crippen LogP contribution in [-0.4, -0.2) is 134 Å². The van der Waals surface area contributed by atoms with Gasteiger partial charge in [0, 0.05) is 37.7 Å². The quantitative estimate of drug-likeness (QED) is 0.296. The first kappa shape index (κ1) is 38.3. The minimum Gasteiger partial charge on any atom is -0.463 e. The number of aliphatic hydroxyl groups is 1. The Morgan fingerprint density at radius 1 is 1.04 bits per heavy atom. The Labute approximate surface area is 273 Å². The lowest BCUT2D eigenvalue weighted by molar-refractivity contribution is -0.295. The van der Waals surface area contributed by atoms with Gasteiger partial charge in [-0.25, -0.2) is 0 Å². The standard InChI is InChI=1S/C35H65N3O7/c1-13-15-38-20-22(3)19-35(8,42-12)31(45-32-29(39)27(36(9)10)16-23(4)44-32)24(5)30(40)34(6,7)33(41)43-21-28(38)25-17-26(18-25)37(11)14-2/h22-29,31-32,39H,13-21H2,1-12H3/t22-,23-,24+,25-,26-,27+,28+,29-,31-,32+,35-/m1/s1. The Kier molecular flexibility index (Phi) is 13.5. The summed E-state index contributed by atoms with van der Waals surface area (Å²) in [4.78, 5) is 34.9. The SMILES string of the molecule is CCCN1C[C@H](C)C[C@@](C)(OC)[C@H](O[C@@H]2O[C@H](C)C[C@H](N(C)C)[C@H]2O)[C@@H](C)C(=O)C(C)(C)C(=O)OC[C@H]1[C@H]1C[C@H](N(C)CC)C1. The molecule has 2 saturated heterocycles. The van der Waals surface area contributed by atoms with E-state index in [9.17, 15) is 14.7 Å². The number of carbonyl (C=O) groups excluding carboxylic acids is 2. The molecule has 1 N–H and O–H groups in total. The van der Waals surface area contributed by atoms with Gasteiger partial charge in [0.15, 0.2) is 12.1 Å². The van der Waals surface area contributed by atoms with Crippen molar-refractivity contribution in [2.75, 3.05) is 54.5 Å². The van der Waals surface area contributed by atoms with Crippen molar-refractivity contribution in [2.45, 2.75) is 136 Å². The first-order valence-electron chi connectivity index (χ1n) is 17.4. The lowest BCUT2D eigenvalue weighted by atomic mass is 9.74. The Morgan fingerprint density at radius 3 is 2.24 bits per heavy atom. The molecule has 1 aliphatic carbocycles. The fourth-order valence-corrected chi connectivity index (χ4v) is 7.99. The van der Waals surface area contributed by atoms with E-state index in [1.807, 2.05) is 32.8 Å². The van der Waals surface area contributed by atoms with Gasteiger partial charge in [0.1, 0.15) is 18.1 Å². The maximum Gasteiger partial charge on any atom is 0.319 e. The molecule has 3 fully saturated rings. The zero-order valence-electron chi connectivity index (χ0n) is 30.4. The number of ketones is 1. The van der Waals surface area contributed by atoms with Crippen molar-refractivity contribution < 1.29 is 33.6 Å². The van der Waals surface area contributed by atoms with Gasteiger partial charge in [-0.15, -0.1) is 0 Å². The summed E-state index contributed by atoms with van der Waals surface area (Å²) in [5, 5.41) is 11.4. The van der Waals surface area contributed by atoms with Gasteiger partial charge in [0.2, 0.25) is 0 Å². The highest BCUT2D eigenvalue weighted by atomic mass is 16.7. The van der Waals surface area contributed by atoms with Crippen molar-refractivity contribution in [3.63, 3.8) is 0 Å². The summed E-state index contributed by atoms with van der Waals surface area (Å²) >= 11 is 0. The van der Waals surface area contributed by atoms with E-state index in [0.29, 0.717) is 24.8 Å². The van der Waals surface area contributed by atoms with Crippen LogP contribution in [-0.2, 0) is 28.5 Å². The van der Waals surface area contributed by atoms with Crippen LogP contribution in [0.4, 0.5) is 0 Å². The molecule has 10 heteroatoms. The Bertz CT molecular complexity index is 973. The Balaban J connectivity index is 2.00. The van der Waals surface area contributed by atoms with Crippen LogP contribution in [0, 0.1) is 23.2 Å². The minimum absolute atomic E-state index is 0.0815. The van der Waals surface area contributed by atoms with Crippen molar-refractivity contribution in [3.05, 3.63) is 0 Å². The normalized spacial score (nSPS) is 40.8. The highest BCUT2D eigenvalue weighted by Gasteiger charge is 2.52. The average Bonchev–Trinajstić information content (AvgIpc) is 2.96. The molecule has 1 saturated carbocycles. The van der Waals surface area contributed by atoms with Crippen LogP contribution < -0.4 is 0 Å². The lowest BCUT2D eigenvalue weighted by Gasteiger charge is -2.48. The Morgan fingerprint density at radius 2 is 1.69 bits per heavy atom. The number of Topliss-reactive ketones (excluding diaryl/α,β-unsaturated/α-hetero) is 1. The van der Waals surface area contributed by atoms with E-state index in [0.717, 1.165) is 38.9 Å². The van der Waals surface area contributed by atoms with Gasteiger partial charge in [-0.05, 0) is 106 Å². The predicted molar refractivity (Wildman–Crippen MR) is 176 cm³/mol. The van der Waals surface area contributed by atoms with Crippen molar-refractivity contribution in [2.24, 2.45) is 23.2 Å². The van der Waals surface area contributed by atoms with E-state index in [1.165, 1.54) is 0 Å². The molecular weight excluding hydrogens is 574 g/mol. The van der Waals surface area contributed by atoms with Gasteiger partial charge < -0.3 is 33.9 Å². The molecule has 0 aromatic rings. The molecule has 0 aromatic heterocycles. The van der Waals surface area contributed by atoms with E-state index in [2.05, 4.69) is 37.6 Å². The number of cyclic esters (lactones) is 1. The van der Waals surface area contributed by atoms with Gasteiger partial charge in [0.25, 0.3) is 0 Å². The molecule has 0 unspecified atom stereocenters. The molecule has 0 radical (unpaired) electrons. The van der Waals surface area contributed by atoms with Gasteiger partial charge >= 0.3 is 5.97 Å². The summed E-state index contributed by atoms with van der Waals surface area (Å²) in [6.45, 7) is 18.7. The number of aliphatic hydroxyl groups excluding tert-OH is 1. The van der Waals surface area contributed by atoms with Crippen LogP contribution in [0.15, 0.2) is 0 Å². The molecule has 10 nitrogen and oxygen atoms in total. The van der Waals surface area contributed by atoms with Crippen LogP contribution in [0.25, 0.3) is 0 Å². The van der Waals surface area contributed by atoms with Crippen LogP contribution in [0.1, 0.15) is 87.5 Å². The minimum atomic E-state index is -1.40. The maximum absolute atomic E-state index is 14.3. The molecule has 262 valence electrons. The van der Waals surface area contributed by atoms with E-state index < -0.39 is 41.4 Å². The van der Waals surface area contributed by atoms with Crippen LogP contribution in [0.5, 0.6) is 0 Å². The smallest absolute Gasteiger partial charge is 0.319 e. The van der Waals surface area contributed by atoms with E-state index >= 15 is 0 Å². The molecule has 2 aliphatic heterocycles. The van der Waals surface area contributed by atoms with E-state index in [-0.39, 0.29) is 36.5 Å². The van der Waals surface area contributed by atoms with Gasteiger partial charge in [0.05, 0.1) is 17.8 Å². The highest BCUT2D eigenvalue weighted by molar-refractivity contribution is 6.04. The number of hydrogen-bond acceptors (Lipinski definition) is 10. The van der Waals surface area contributed by atoms with Gasteiger partial charge in [-0.1, -0.05) is 27.7 Å². The number of likely N-dealkylation sites (N-methyl/N-ethyl adjacent to an activating group) is 1. The maximum atomic E-state index is 14.3. The number of nitrogens with zero attached hydrogens (tertiary/aromatic N) is 3. The number of esters is 1. The monoisotopic (exact) mass is 639 g/mol. The summed E-state index contributed by atoms with van der Waals surface area (Å²) in [7, 11) is 7.70. The second-order valence-corrected chi connectivity index (χ2v) is 15.4. The number of carbonyl (C=O) groups is 2. The van der Waals surface area contributed by atoms with Gasteiger partial charge in [-0.3, -0.25) is 14.5 Å². The fraction of sp³-hybridized carbons (Fsp3) is 0.943. The van der Waals surface area contributed by atoms with Crippen molar-refractivity contribution in [1.82, 2.24) is 14.7 Å². The van der Waals surface area contributed by atoms with E-state index in [1.54, 1.807) is 27.9 Å². The summed E-state index contributed by atoms with van der Waals surface area (Å²) in [5.41, 5.74) is -2.30. The van der Waals surface area contributed by atoms with Crippen molar-refractivity contribution in [3.8, 4) is 0 Å². The largest absolute Gasteiger partial charge is 0.463 e. The predicted octanol–water partition coefficient (Wildman–Crippen LogP) is 3.83. The zero-order valence-corrected chi connectivity index (χ0v) is 30.4. The number of hydrogen-bond donors (Lipinski definition) is 1. The van der Waals surface area contributed by atoms with Crippen molar-refractivity contribution >= 4 is 11.8 Å². The fourth-order valence-electron chi connectivity index (χ4n) is 7.99. The molecule has 0 spiro atoms. The molecule has 9 atom stereocenters. The molecule has 2 heterocycles. The third-order valence-corrected chi connectivity index (χ3v) is 11.1. The summed E-state index contributed by atoms with van der Waals surface area (Å²) in [6.07, 6.45) is 1.61. The topological polar surface area (TPSA) is 101 Å². The number of ether oxygens (including phenoxy) is 4. The molecule has 45 heavy (non-hydrogen) atoms. The average molecular weight is 640 g/mol. The van der Waals surface area contributed by atoms with Crippen LogP contribution in [0.2, 0.25) is 0 Å². The lowest BCUT2D eigenvalue weighted by Crippen LogP contribution is -2.59. The summed E-state index contributed by atoms with van der Waals surface area (Å²) < 4.78 is 25.2. The molecule has 3 rings (SSSR count). The molecule has 0 amide bonds. The van der Waals surface area contributed by atoms with Gasteiger partial charge in [-0.2, -0.15) is 0 Å². The first-order valence-corrected chi connectivity index (χ1v) is 17.4. The molecule has 0 bridgehead atoms. The first-order chi connectivity index (χ1) is 21.0. The van der Waals surface area contributed by atoms with Crippen LogP contribution >= 0.6 is 0 Å². The molecule has 0 aromatic carbocycles. The third kappa shape index (κ3) is 8.67. The van der Waals surface area contributed by atoms with Crippen LogP contribution in [0.3, 0.4) is 0 Å². The second kappa shape index (κ2) is 15.8. The summed E-state index contributed by atoms with van der Waals surface area (Å²) in [6, 6.07) is 0.460. The number of rotatable bonds is 9. The zero-order chi connectivity index (χ0) is 33.9. The van der Waals surface area contributed by atoms with E-state index in [4.69, 9.17) is 18.9 Å².